The zero-order valence-electron chi connectivity index (χ0n) is 12.9. The summed E-state index contributed by atoms with van der Waals surface area (Å²) in [6.45, 7) is 0. The van der Waals surface area contributed by atoms with Crippen LogP contribution in [0.4, 0.5) is 0 Å². The van der Waals surface area contributed by atoms with Crippen molar-refractivity contribution in [1.29, 1.82) is 0 Å². The smallest absolute Gasteiger partial charge is 0.127 e. The first kappa shape index (κ1) is 15.3. The van der Waals surface area contributed by atoms with Crippen molar-refractivity contribution in [2.24, 2.45) is 0 Å². The summed E-state index contributed by atoms with van der Waals surface area (Å²) in [6.07, 6.45) is 5.66. The van der Waals surface area contributed by atoms with E-state index < -0.39 is 0 Å². The molecule has 0 unspecified atom stereocenters. The molecule has 3 rings (SSSR count). The molecule has 2 nitrogen and oxygen atoms in total. The van der Waals surface area contributed by atoms with E-state index in [0.717, 1.165) is 39.0 Å². The molecule has 0 amide bonds. The first-order valence-electron chi connectivity index (χ1n) is 7.10. The predicted molar refractivity (Wildman–Crippen MR) is 95.4 cm³/mol. The van der Waals surface area contributed by atoms with E-state index >= 15 is 0 Å². The third-order valence-corrected chi connectivity index (χ3v) is 4.06. The molecule has 0 aliphatic carbocycles. The number of hydrogen-bond donors (Lipinski definition) is 0. The van der Waals surface area contributed by atoms with Gasteiger partial charge in [-0.25, -0.2) is 0 Å². The Bertz CT molecular complexity index is 923. The summed E-state index contributed by atoms with van der Waals surface area (Å²) in [7, 11) is 3.31. The lowest BCUT2D eigenvalue weighted by Crippen LogP contribution is -1.93. The third-order valence-electron chi connectivity index (χ3n) is 3.83. The molecule has 0 aromatic heterocycles. The molecule has 0 radical (unpaired) electrons. The summed E-state index contributed by atoms with van der Waals surface area (Å²) < 4.78 is 11.0. The number of rotatable bonds is 3. The van der Waals surface area contributed by atoms with Gasteiger partial charge in [-0.3, -0.25) is 0 Å². The molecule has 0 aliphatic rings. The third kappa shape index (κ3) is 2.60. The van der Waals surface area contributed by atoms with E-state index in [1.165, 1.54) is 0 Å². The van der Waals surface area contributed by atoms with Gasteiger partial charge in [0.05, 0.1) is 14.2 Å². The van der Waals surface area contributed by atoms with Crippen LogP contribution in [0.3, 0.4) is 0 Å². The molecule has 0 N–H and O–H groups in total. The lowest BCUT2D eigenvalue weighted by Gasteiger charge is -2.15. The fourth-order valence-corrected chi connectivity index (χ4v) is 2.96. The Morgan fingerprint density at radius 3 is 2.35 bits per heavy atom. The second-order valence-corrected chi connectivity index (χ2v) is 5.47. The number of terminal acetylenes is 1. The number of hydrogen-bond acceptors (Lipinski definition) is 2. The topological polar surface area (TPSA) is 18.5 Å². The van der Waals surface area contributed by atoms with Gasteiger partial charge < -0.3 is 9.47 Å². The summed E-state index contributed by atoms with van der Waals surface area (Å²) in [6, 6.07) is 15.4. The quantitative estimate of drug-likeness (QED) is 0.620. The molecule has 3 aromatic carbocycles. The Balaban J connectivity index is 2.42. The summed E-state index contributed by atoms with van der Waals surface area (Å²) in [4.78, 5) is 0. The predicted octanol–water partition coefficient (Wildman–Crippen LogP) is 5.16. The van der Waals surface area contributed by atoms with Crippen LogP contribution in [0.15, 0.2) is 48.5 Å². The average molecular weight is 323 g/mol. The maximum atomic E-state index is 6.07. The van der Waals surface area contributed by atoms with Gasteiger partial charge in [-0.1, -0.05) is 35.7 Å². The van der Waals surface area contributed by atoms with Gasteiger partial charge in [0.25, 0.3) is 0 Å². The fourth-order valence-electron chi connectivity index (χ4n) is 2.79. The summed E-state index contributed by atoms with van der Waals surface area (Å²) in [5.41, 5.74) is 2.67. The molecular formula is C20H15ClO2. The lowest BCUT2D eigenvalue weighted by atomic mass is 9.94. The van der Waals surface area contributed by atoms with Crippen LogP contribution in [-0.2, 0) is 0 Å². The molecule has 23 heavy (non-hydrogen) atoms. The van der Waals surface area contributed by atoms with Gasteiger partial charge in [0.15, 0.2) is 0 Å². The Hall–Kier alpha value is -2.63. The van der Waals surface area contributed by atoms with Crippen LogP contribution < -0.4 is 9.47 Å². The molecule has 0 fully saturated rings. The van der Waals surface area contributed by atoms with E-state index in [0.29, 0.717) is 5.02 Å². The number of halogens is 1. The van der Waals surface area contributed by atoms with Crippen LogP contribution in [0.5, 0.6) is 11.5 Å². The van der Waals surface area contributed by atoms with Gasteiger partial charge in [-0.2, -0.15) is 0 Å². The van der Waals surface area contributed by atoms with E-state index in [1.54, 1.807) is 20.3 Å². The molecule has 3 aromatic rings. The highest BCUT2D eigenvalue weighted by Crippen LogP contribution is 2.41. The minimum atomic E-state index is 0.617. The van der Waals surface area contributed by atoms with Gasteiger partial charge in [-0.05, 0) is 41.5 Å². The second kappa shape index (κ2) is 6.24. The van der Waals surface area contributed by atoms with Crippen LogP contribution in [0.2, 0.25) is 5.02 Å². The monoisotopic (exact) mass is 322 g/mol. The zero-order chi connectivity index (χ0) is 16.4. The Morgan fingerprint density at radius 1 is 0.913 bits per heavy atom. The van der Waals surface area contributed by atoms with Crippen molar-refractivity contribution >= 4 is 22.4 Å². The minimum absolute atomic E-state index is 0.617. The van der Waals surface area contributed by atoms with Crippen LogP contribution in [-0.4, -0.2) is 14.2 Å². The van der Waals surface area contributed by atoms with Crippen LogP contribution in [0, 0.1) is 12.3 Å². The van der Waals surface area contributed by atoms with Gasteiger partial charge in [0.2, 0.25) is 0 Å². The first-order chi connectivity index (χ1) is 11.2. The number of methoxy groups -OCH3 is 2. The number of fused-ring (bicyclic) bond motifs is 1. The highest BCUT2D eigenvalue weighted by atomic mass is 35.5. The van der Waals surface area contributed by atoms with Gasteiger partial charge in [-0.15, -0.1) is 6.42 Å². The number of ether oxygens (including phenoxy) is 2. The minimum Gasteiger partial charge on any atom is -0.496 e. The second-order valence-electron chi connectivity index (χ2n) is 5.03. The van der Waals surface area contributed by atoms with Crippen molar-refractivity contribution in [3.8, 4) is 35.0 Å². The maximum absolute atomic E-state index is 6.07. The first-order valence-corrected chi connectivity index (χ1v) is 7.47. The van der Waals surface area contributed by atoms with E-state index in [1.807, 2.05) is 42.5 Å². The van der Waals surface area contributed by atoms with Crippen molar-refractivity contribution in [1.82, 2.24) is 0 Å². The van der Waals surface area contributed by atoms with E-state index in [2.05, 4.69) is 5.92 Å². The summed E-state index contributed by atoms with van der Waals surface area (Å²) in [5.74, 6) is 4.27. The summed E-state index contributed by atoms with van der Waals surface area (Å²) >= 11 is 6.07. The molecule has 0 aliphatic heterocycles. The van der Waals surface area contributed by atoms with E-state index in [4.69, 9.17) is 27.5 Å². The van der Waals surface area contributed by atoms with Crippen LogP contribution in [0.1, 0.15) is 5.56 Å². The van der Waals surface area contributed by atoms with Crippen LogP contribution >= 0.6 is 11.6 Å². The van der Waals surface area contributed by atoms with Crippen molar-refractivity contribution in [2.75, 3.05) is 14.2 Å². The standard InChI is InChI=1S/C20H15ClO2/c1-4-13-12-14(21)8-9-15(13)16-10-11-18(22-2)17-6-5-7-19(23-3)20(16)17/h1,5-12H,2-3H3. The van der Waals surface area contributed by atoms with Crippen molar-refractivity contribution in [3.63, 3.8) is 0 Å². The highest BCUT2D eigenvalue weighted by Gasteiger charge is 2.14. The SMILES string of the molecule is C#Cc1cc(Cl)ccc1-c1ccc(OC)c2cccc(OC)c12. The normalized spacial score (nSPS) is 10.3. The van der Waals surface area contributed by atoms with Gasteiger partial charge in [0, 0.05) is 21.4 Å². The largest absolute Gasteiger partial charge is 0.496 e. The fraction of sp³-hybridized carbons (Fsp3) is 0.100. The maximum Gasteiger partial charge on any atom is 0.127 e. The van der Waals surface area contributed by atoms with Crippen LogP contribution in [0.25, 0.3) is 21.9 Å². The van der Waals surface area contributed by atoms with Gasteiger partial charge in [0.1, 0.15) is 11.5 Å². The number of benzene rings is 3. The molecule has 114 valence electrons. The molecule has 3 heteroatoms. The van der Waals surface area contributed by atoms with Crippen molar-refractivity contribution < 1.29 is 9.47 Å². The van der Waals surface area contributed by atoms with E-state index in [-0.39, 0.29) is 0 Å². The Labute approximate surface area is 140 Å². The molecule has 0 saturated carbocycles. The highest BCUT2D eigenvalue weighted by molar-refractivity contribution is 6.30. The molecule has 0 saturated heterocycles. The summed E-state index contributed by atoms with van der Waals surface area (Å²) in [5, 5.41) is 2.56. The lowest BCUT2D eigenvalue weighted by molar-refractivity contribution is 0.415. The van der Waals surface area contributed by atoms with E-state index in [9.17, 15) is 0 Å². The molecule has 0 spiro atoms. The molecule has 0 atom stereocenters. The molecule has 0 bridgehead atoms. The Morgan fingerprint density at radius 2 is 1.65 bits per heavy atom. The Kier molecular flexibility index (Phi) is 4.14. The average Bonchev–Trinajstić information content (AvgIpc) is 2.60. The zero-order valence-corrected chi connectivity index (χ0v) is 13.6. The molecular weight excluding hydrogens is 308 g/mol. The van der Waals surface area contributed by atoms with Gasteiger partial charge >= 0.3 is 0 Å². The van der Waals surface area contributed by atoms with Crippen molar-refractivity contribution in [2.45, 2.75) is 0 Å². The molecule has 0 heterocycles. The van der Waals surface area contributed by atoms with Crippen molar-refractivity contribution in [3.05, 3.63) is 59.1 Å².